The zero-order valence-electron chi connectivity index (χ0n) is 17.4. The molecule has 0 radical (unpaired) electrons. The fourth-order valence-corrected chi connectivity index (χ4v) is 4.60. The summed E-state index contributed by atoms with van der Waals surface area (Å²) in [5.74, 6) is 1.19. The summed E-state index contributed by atoms with van der Waals surface area (Å²) in [4.78, 5) is 41.4. The lowest BCUT2D eigenvalue weighted by Crippen LogP contribution is -2.62. The molecule has 0 aromatic carbocycles. The normalized spacial score (nSPS) is 25.2. The summed E-state index contributed by atoms with van der Waals surface area (Å²) in [5, 5.41) is 3.36. The molecule has 0 aromatic rings. The molecule has 3 amide bonds. The van der Waals surface area contributed by atoms with E-state index < -0.39 is 0 Å². The van der Waals surface area contributed by atoms with Gasteiger partial charge in [-0.2, -0.15) is 0 Å². The molecule has 7 heteroatoms. The molecular weight excluding hydrogens is 356 g/mol. The highest BCUT2D eigenvalue weighted by Crippen LogP contribution is 2.34. The van der Waals surface area contributed by atoms with E-state index in [0.29, 0.717) is 44.3 Å². The number of piperazine rings is 1. The van der Waals surface area contributed by atoms with Gasteiger partial charge in [-0.05, 0) is 43.4 Å². The Hall–Kier alpha value is -1.63. The van der Waals surface area contributed by atoms with Crippen LogP contribution in [0.3, 0.4) is 0 Å². The molecule has 3 N–H and O–H groups in total. The van der Waals surface area contributed by atoms with Crippen LogP contribution in [0.4, 0.5) is 0 Å². The van der Waals surface area contributed by atoms with Crippen molar-refractivity contribution in [3.8, 4) is 0 Å². The number of nitrogens with two attached hydrogens (primary N) is 1. The van der Waals surface area contributed by atoms with E-state index in [1.807, 2.05) is 9.80 Å². The number of nitrogens with zero attached hydrogens (tertiary/aromatic N) is 2. The topological polar surface area (TPSA) is 95.7 Å². The maximum Gasteiger partial charge on any atom is 0.245 e. The lowest BCUT2D eigenvalue weighted by molar-refractivity contribution is -0.150. The summed E-state index contributed by atoms with van der Waals surface area (Å²) in [6.45, 7) is 6.86. The Bertz CT molecular complexity index is 582. The quantitative estimate of drug-likeness (QED) is 0.647. The zero-order valence-corrected chi connectivity index (χ0v) is 17.4. The molecule has 0 bridgehead atoms. The summed E-state index contributed by atoms with van der Waals surface area (Å²) in [6, 6.07) is -0.506. The first-order valence-corrected chi connectivity index (χ1v) is 11.0. The molecular formula is C21H36N4O3. The van der Waals surface area contributed by atoms with Crippen molar-refractivity contribution in [2.75, 3.05) is 26.2 Å². The molecule has 2 saturated heterocycles. The van der Waals surface area contributed by atoms with Crippen molar-refractivity contribution in [3.05, 3.63) is 0 Å². The smallest absolute Gasteiger partial charge is 0.245 e. The van der Waals surface area contributed by atoms with E-state index in [1.165, 1.54) is 12.8 Å². The van der Waals surface area contributed by atoms with Crippen LogP contribution in [0.15, 0.2) is 0 Å². The third kappa shape index (κ3) is 5.46. The average molecular weight is 393 g/mol. The van der Waals surface area contributed by atoms with Crippen molar-refractivity contribution in [2.45, 2.75) is 70.9 Å². The zero-order chi connectivity index (χ0) is 20.3. The molecule has 28 heavy (non-hydrogen) atoms. The number of carbonyl (C=O) groups is 3. The Labute approximate surface area is 168 Å². The molecule has 1 saturated carbocycles. The largest absolute Gasteiger partial charge is 0.370 e. The van der Waals surface area contributed by atoms with Crippen LogP contribution in [0, 0.1) is 17.8 Å². The monoisotopic (exact) mass is 392 g/mol. The molecule has 2 heterocycles. The first-order valence-electron chi connectivity index (χ1n) is 11.0. The summed E-state index contributed by atoms with van der Waals surface area (Å²) < 4.78 is 0. The number of nitrogens with one attached hydrogen (secondary N) is 1. The van der Waals surface area contributed by atoms with Crippen molar-refractivity contribution >= 4 is 17.7 Å². The van der Waals surface area contributed by atoms with Gasteiger partial charge in [0.05, 0.1) is 6.04 Å². The molecule has 3 fully saturated rings. The standard InChI is InChI=1S/C21H36N4O3/c1-14(2)11-18(21(28)24-8-5-16(6-9-24)13-19(22)26)25-10-7-23-17(20(25)27)12-15-3-4-15/h14-18,23H,3-13H2,1-2H3,(H2,22,26)/t17-,18-/m0/s1. The van der Waals surface area contributed by atoms with Crippen molar-refractivity contribution in [1.29, 1.82) is 0 Å². The van der Waals surface area contributed by atoms with Crippen LogP contribution in [0.5, 0.6) is 0 Å². The van der Waals surface area contributed by atoms with Crippen molar-refractivity contribution < 1.29 is 14.4 Å². The first kappa shape index (κ1) is 21.1. The molecule has 0 unspecified atom stereocenters. The van der Waals surface area contributed by atoms with Crippen LogP contribution in [0.2, 0.25) is 0 Å². The van der Waals surface area contributed by atoms with E-state index >= 15 is 0 Å². The van der Waals surface area contributed by atoms with Crippen molar-refractivity contribution in [2.24, 2.45) is 23.5 Å². The number of amides is 3. The van der Waals surface area contributed by atoms with Crippen molar-refractivity contribution in [3.63, 3.8) is 0 Å². The predicted octanol–water partition coefficient (Wildman–Crippen LogP) is 1.12. The van der Waals surface area contributed by atoms with Crippen LogP contribution in [-0.4, -0.2) is 65.8 Å². The highest BCUT2D eigenvalue weighted by molar-refractivity contribution is 5.90. The minimum atomic E-state index is -0.371. The van der Waals surface area contributed by atoms with Gasteiger partial charge >= 0.3 is 0 Å². The number of hydrogen-bond donors (Lipinski definition) is 2. The molecule has 2 aliphatic heterocycles. The van der Waals surface area contributed by atoms with E-state index in [2.05, 4.69) is 19.2 Å². The molecule has 1 aliphatic carbocycles. The Morgan fingerprint density at radius 3 is 2.36 bits per heavy atom. The van der Waals surface area contributed by atoms with E-state index in [0.717, 1.165) is 25.8 Å². The highest BCUT2D eigenvalue weighted by Gasteiger charge is 2.40. The Morgan fingerprint density at radius 1 is 1.11 bits per heavy atom. The van der Waals surface area contributed by atoms with Gasteiger partial charge < -0.3 is 20.9 Å². The number of primary amides is 1. The van der Waals surface area contributed by atoms with E-state index in [-0.39, 0.29) is 35.7 Å². The summed E-state index contributed by atoms with van der Waals surface area (Å²) >= 11 is 0. The van der Waals surface area contributed by atoms with Gasteiger partial charge in [-0.3, -0.25) is 14.4 Å². The fraction of sp³-hybridized carbons (Fsp3) is 0.857. The summed E-state index contributed by atoms with van der Waals surface area (Å²) in [6.07, 6.45) is 6.06. The second kappa shape index (κ2) is 9.25. The molecule has 0 aromatic heterocycles. The van der Waals surface area contributed by atoms with Crippen LogP contribution in [0.1, 0.15) is 58.8 Å². The van der Waals surface area contributed by atoms with Crippen LogP contribution >= 0.6 is 0 Å². The first-order chi connectivity index (χ1) is 13.3. The van der Waals surface area contributed by atoms with E-state index in [4.69, 9.17) is 5.73 Å². The molecule has 3 aliphatic rings. The number of likely N-dealkylation sites (tertiary alicyclic amines) is 1. The molecule has 0 spiro atoms. The van der Waals surface area contributed by atoms with Gasteiger partial charge in [0.1, 0.15) is 6.04 Å². The maximum atomic E-state index is 13.4. The van der Waals surface area contributed by atoms with Crippen LogP contribution in [-0.2, 0) is 14.4 Å². The Kier molecular flexibility index (Phi) is 6.96. The third-order valence-electron chi connectivity index (χ3n) is 6.36. The van der Waals surface area contributed by atoms with Crippen LogP contribution < -0.4 is 11.1 Å². The van der Waals surface area contributed by atoms with E-state index in [1.54, 1.807) is 0 Å². The van der Waals surface area contributed by atoms with Gasteiger partial charge in [0.25, 0.3) is 0 Å². The summed E-state index contributed by atoms with van der Waals surface area (Å²) in [7, 11) is 0. The fourth-order valence-electron chi connectivity index (χ4n) is 4.60. The number of piperidine rings is 1. The van der Waals surface area contributed by atoms with Gasteiger partial charge in [-0.15, -0.1) is 0 Å². The Morgan fingerprint density at radius 2 is 1.79 bits per heavy atom. The minimum absolute atomic E-state index is 0.0756. The number of hydrogen-bond acceptors (Lipinski definition) is 4. The third-order valence-corrected chi connectivity index (χ3v) is 6.36. The second-order valence-electron chi connectivity index (χ2n) is 9.30. The molecule has 158 valence electrons. The van der Waals surface area contributed by atoms with Gasteiger partial charge in [0, 0.05) is 32.6 Å². The van der Waals surface area contributed by atoms with Gasteiger partial charge in [-0.25, -0.2) is 0 Å². The second-order valence-corrected chi connectivity index (χ2v) is 9.30. The van der Waals surface area contributed by atoms with Crippen LogP contribution in [0.25, 0.3) is 0 Å². The molecule has 7 nitrogen and oxygen atoms in total. The Balaban J connectivity index is 1.64. The average Bonchev–Trinajstić information content (AvgIpc) is 3.45. The van der Waals surface area contributed by atoms with Gasteiger partial charge in [0.15, 0.2) is 0 Å². The maximum absolute atomic E-state index is 13.4. The van der Waals surface area contributed by atoms with Gasteiger partial charge in [0.2, 0.25) is 17.7 Å². The molecule has 3 rings (SSSR count). The van der Waals surface area contributed by atoms with Gasteiger partial charge in [-0.1, -0.05) is 26.7 Å². The van der Waals surface area contributed by atoms with E-state index in [9.17, 15) is 14.4 Å². The predicted molar refractivity (Wildman–Crippen MR) is 107 cm³/mol. The lowest BCUT2D eigenvalue weighted by atomic mass is 9.92. The summed E-state index contributed by atoms with van der Waals surface area (Å²) in [5.41, 5.74) is 5.32. The minimum Gasteiger partial charge on any atom is -0.370 e. The molecule has 2 atom stereocenters. The number of rotatable bonds is 8. The number of carbonyl (C=O) groups excluding carboxylic acids is 3. The lowest BCUT2D eigenvalue weighted by Gasteiger charge is -2.41. The SMILES string of the molecule is CC(C)C[C@@H](C(=O)N1CCC(CC(N)=O)CC1)N1CCN[C@@H](CC2CC2)C1=O. The highest BCUT2D eigenvalue weighted by atomic mass is 16.2. The van der Waals surface area contributed by atoms with Crippen molar-refractivity contribution in [1.82, 2.24) is 15.1 Å².